The van der Waals surface area contributed by atoms with Gasteiger partial charge >= 0.3 is 5.97 Å². The molecule has 0 radical (unpaired) electrons. The molecule has 0 saturated carbocycles. The van der Waals surface area contributed by atoms with Crippen molar-refractivity contribution in [2.75, 3.05) is 6.61 Å². The van der Waals surface area contributed by atoms with Crippen LogP contribution in [0.5, 0.6) is 5.75 Å². The highest BCUT2D eigenvalue weighted by Crippen LogP contribution is 2.25. The van der Waals surface area contributed by atoms with Gasteiger partial charge in [0.15, 0.2) is 17.6 Å². The van der Waals surface area contributed by atoms with Crippen LogP contribution in [0.1, 0.15) is 42.7 Å². The average molecular weight is 540 g/mol. The van der Waals surface area contributed by atoms with E-state index in [4.69, 9.17) is 9.47 Å². The molecule has 208 valence electrons. The van der Waals surface area contributed by atoms with Crippen molar-refractivity contribution in [3.8, 4) is 5.75 Å². The van der Waals surface area contributed by atoms with Crippen LogP contribution >= 0.6 is 0 Å². The molecule has 2 fully saturated rings. The molecular weight excluding hydrogens is 506 g/mol. The number of amides is 2. The van der Waals surface area contributed by atoms with E-state index >= 15 is 0 Å². The van der Waals surface area contributed by atoms with E-state index in [2.05, 4.69) is 15.6 Å². The topological polar surface area (TPSA) is 164 Å². The van der Waals surface area contributed by atoms with Crippen LogP contribution in [0.15, 0.2) is 48.7 Å². The van der Waals surface area contributed by atoms with Gasteiger partial charge in [0.25, 0.3) is 5.91 Å². The second-order valence-corrected chi connectivity index (χ2v) is 10.1. The molecule has 11 nitrogen and oxygen atoms in total. The van der Waals surface area contributed by atoms with E-state index in [1.165, 1.54) is 25.3 Å². The number of ketones is 1. The number of hydrogen-bond donors (Lipinski definition) is 4. The van der Waals surface area contributed by atoms with Crippen molar-refractivity contribution in [2.45, 2.75) is 63.5 Å². The summed E-state index contributed by atoms with van der Waals surface area (Å²) in [4.78, 5) is 56.8. The number of carbonyl (C=O) groups excluding carboxylic acids is 4. The van der Waals surface area contributed by atoms with E-state index in [1.54, 1.807) is 6.92 Å². The summed E-state index contributed by atoms with van der Waals surface area (Å²) in [5.74, 6) is -4.89. The summed E-state index contributed by atoms with van der Waals surface area (Å²) in [6, 6.07) is 9.70. The van der Waals surface area contributed by atoms with Gasteiger partial charge in [-0.3, -0.25) is 19.2 Å². The lowest BCUT2D eigenvalue weighted by molar-refractivity contribution is -0.183. The van der Waals surface area contributed by atoms with Crippen molar-refractivity contribution in [2.24, 2.45) is 11.8 Å². The molecule has 39 heavy (non-hydrogen) atoms. The van der Waals surface area contributed by atoms with Gasteiger partial charge in [0.1, 0.15) is 17.9 Å². The Bertz CT molecular complexity index is 1200. The number of aromatic hydroxyl groups is 1. The molecule has 0 spiro atoms. The number of nitrogens with one attached hydrogen (secondary N) is 2. The number of rotatable bonds is 5. The van der Waals surface area contributed by atoms with Crippen LogP contribution < -0.4 is 10.6 Å². The van der Waals surface area contributed by atoms with E-state index in [0.29, 0.717) is 13.0 Å². The first-order chi connectivity index (χ1) is 18.7. The van der Waals surface area contributed by atoms with Gasteiger partial charge < -0.3 is 30.3 Å². The maximum absolute atomic E-state index is 13.6. The Morgan fingerprint density at radius 1 is 1.13 bits per heavy atom. The van der Waals surface area contributed by atoms with Gasteiger partial charge in [-0.1, -0.05) is 37.3 Å². The molecule has 7 atom stereocenters. The Morgan fingerprint density at radius 3 is 2.49 bits per heavy atom. The summed E-state index contributed by atoms with van der Waals surface area (Å²) < 4.78 is 11.0. The number of nitrogens with zero attached hydrogens (tertiary/aromatic N) is 1. The van der Waals surface area contributed by atoms with Gasteiger partial charge in [-0.25, -0.2) is 4.98 Å². The Hall–Kier alpha value is -3.83. The first-order valence-corrected chi connectivity index (χ1v) is 13.0. The number of Topliss-reactive ketones (excluding diaryl/α,β-unsaturated/α-hetero) is 1. The number of esters is 1. The number of aromatic nitrogens is 1. The van der Waals surface area contributed by atoms with Crippen LogP contribution in [-0.4, -0.2) is 75.8 Å². The van der Waals surface area contributed by atoms with Crippen LogP contribution in [0.2, 0.25) is 0 Å². The van der Waals surface area contributed by atoms with Crippen molar-refractivity contribution in [1.82, 2.24) is 15.6 Å². The van der Waals surface area contributed by atoms with Crippen LogP contribution in [-0.2, 0) is 30.3 Å². The lowest BCUT2D eigenvalue weighted by atomic mass is 9.88. The van der Waals surface area contributed by atoms with E-state index in [1.807, 2.05) is 30.3 Å². The zero-order valence-corrected chi connectivity index (χ0v) is 21.8. The van der Waals surface area contributed by atoms with E-state index in [0.717, 1.165) is 5.56 Å². The molecule has 1 aromatic heterocycles. The van der Waals surface area contributed by atoms with Crippen LogP contribution in [0.3, 0.4) is 0 Å². The molecule has 4 rings (SSSR count). The van der Waals surface area contributed by atoms with Crippen molar-refractivity contribution in [3.63, 3.8) is 0 Å². The first kappa shape index (κ1) is 28.2. The summed E-state index contributed by atoms with van der Waals surface area (Å²) in [6.45, 7) is 3.50. The lowest BCUT2D eigenvalue weighted by Crippen LogP contribution is -2.58. The zero-order chi connectivity index (χ0) is 28.1. The molecule has 4 N–H and O–H groups in total. The standard InChI is InChI=1S/C28H33N3O8/c1-15-13-20(33)25(21-10-12-38-21)39-28(37)16(2)24(34)18(14-17-7-4-3-5-8-17)30-26(35)22(15)31-27(36)23-19(32)9-6-11-29-23/h3-9,11,15-16,18,21-22,24-25,32,34H,10,12-14H2,1-2H3,(H,30,35)(H,31,36)/t15-,16+,18-,21?,22-,24-,25?/m0/s1. The van der Waals surface area contributed by atoms with Crippen LogP contribution in [0, 0.1) is 11.8 Å². The summed E-state index contributed by atoms with van der Waals surface area (Å²) in [7, 11) is 0. The second-order valence-electron chi connectivity index (χ2n) is 10.1. The van der Waals surface area contributed by atoms with Crippen LogP contribution in [0.4, 0.5) is 0 Å². The van der Waals surface area contributed by atoms with Crippen molar-refractivity contribution >= 4 is 23.6 Å². The average Bonchev–Trinajstić information content (AvgIpc) is 2.89. The van der Waals surface area contributed by atoms with Crippen molar-refractivity contribution in [1.29, 1.82) is 0 Å². The Balaban J connectivity index is 1.67. The number of ether oxygens (including phenoxy) is 2. The number of cyclic esters (lactones) is 1. The van der Waals surface area contributed by atoms with Crippen molar-refractivity contribution in [3.05, 3.63) is 59.9 Å². The summed E-state index contributed by atoms with van der Waals surface area (Å²) in [5.41, 5.74) is 0.525. The van der Waals surface area contributed by atoms with Gasteiger partial charge in [-0.15, -0.1) is 0 Å². The second kappa shape index (κ2) is 12.4. The molecule has 0 bridgehead atoms. The highest BCUT2D eigenvalue weighted by Gasteiger charge is 2.43. The third-order valence-electron chi connectivity index (χ3n) is 7.22. The summed E-state index contributed by atoms with van der Waals surface area (Å²) in [6.07, 6.45) is -1.35. The predicted molar refractivity (Wildman–Crippen MR) is 137 cm³/mol. The van der Waals surface area contributed by atoms with Crippen molar-refractivity contribution < 1.29 is 38.9 Å². The normalized spacial score (nSPS) is 30.1. The number of hydrogen-bond acceptors (Lipinski definition) is 9. The zero-order valence-electron chi connectivity index (χ0n) is 21.8. The van der Waals surface area contributed by atoms with Gasteiger partial charge in [-0.05, 0) is 37.0 Å². The lowest BCUT2D eigenvalue weighted by Gasteiger charge is -2.36. The number of carbonyl (C=O) groups is 4. The minimum absolute atomic E-state index is 0.190. The fourth-order valence-corrected chi connectivity index (χ4v) is 4.76. The molecule has 0 aliphatic carbocycles. The summed E-state index contributed by atoms with van der Waals surface area (Å²) in [5, 5.41) is 26.7. The largest absolute Gasteiger partial charge is 0.505 e. The molecule has 3 heterocycles. The van der Waals surface area contributed by atoms with E-state index in [9.17, 15) is 29.4 Å². The highest BCUT2D eigenvalue weighted by atomic mass is 16.6. The number of benzene rings is 1. The first-order valence-electron chi connectivity index (χ1n) is 13.0. The quantitative estimate of drug-likeness (QED) is 0.405. The molecule has 11 heteroatoms. The number of aliphatic hydroxyl groups is 1. The Kier molecular flexibility index (Phi) is 8.93. The molecule has 2 aromatic rings. The molecule has 2 amide bonds. The minimum Gasteiger partial charge on any atom is -0.505 e. The smallest absolute Gasteiger partial charge is 0.312 e. The van der Waals surface area contributed by atoms with Gasteiger partial charge in [0, 0.05) is 25.6 Å². The maximum atomic E-state index is 13.6. The fourth-order valence-electron chi connectivity index (χ4n) is 4.76. The number of pyridine rings is 1. The predicted octanol–water partition coefficient (Wildman–Crippen LogP) is 0.920. The fraction of sp³-hybridized carbons (Fsp3) is 0.464. The minimum atomic E-state index is -1.37. The molecule has 2 aliphatic rings. The number of aliphatic hydroxyl groups excluding tert-OH is 1. The highest BCUT2D eigenvalue weighted by molar-refractivity contribution is 5.98. The Labute approximate surface area is 225 Å². The van der Waals surface area contributed by atoms with Gasteiger partial charge in [0.05, 0.1) is 18.1 Å². The monoisotopic (exact) mass is 539 g/mol. The SMILES string of the molecule is C[C@H]1CC(=O)C(C2CCO2)OC(=O)[C@H](C)[C@H](O)[C@H](Cc2ccccc2)NC(=O)[C@H]1NC(=O)c1ncccc1O. The summed E-state index contributed by atoms with van der Waals surface area (Å²) >= 11 is 0. The van der Waals surface area contributed by atoms with E-state index < -0.39 is 65.8 Å². The maximum Gasteiger partial charge on any atom is 0.312 e. The molecular formula is C28H33N3O8. The van der Waals surface area contributed by atoms with E-state index in [-0.39, 0.29) is 24.3 Å². The molecule has 2 unspecified atom stereocenters. The molecule has 2 saturated heterocycles. The van der Waals surface area contributed by atoms with Gasteiger partial charge in [-0.2, -0.15) is 0 Å². The third-order valence-corrected chi connectivity index (χ3v) is 7.22. The Morgan fingerprint density at radius 2 is 1.85 bits per heavy atom. The molecule has 1 aromatic carbocycles. The van der Waals surface area contributed by atoms with Crippen LogP contribution in [0.25, 0.3) is 0 Å². The molecule has 2 aliphatic heterocycles. The van der Waals surface area contributed by atoms with Gasteiger partial charge in [0.2, 0.25) is 5.91 Å². The third kappa shape index (κ3) is 6.61.